The molecule has 0 fully saturated rings. The number of aryl methyl sites for hydroxylation is 2. The van der Waals surface area contributed by atoms with Crippen molar-refractivity contribution in [3.63, 3.8) is 0 Å². The third-order valence-electron chi connectivity index (χ3n) is 2.94. The molecule has 0 saturated heterocycles. The van der Waals surface area contributed by atoms with Crippen LogP contribution in [-0.4, -0.2) is 21.4 Å². The number of nitrogens with one attached hydrogen (secondary N) is 1. The Morgan fingerprint density at radius 2 is 1.95 bits per heavy atom. The van der Waals surface area contributed by atoms with Gasteiger partial charge in [0.25, 0.3) is 0 Å². The lowest BCUT2D eigenvalue weighted by molar-refractivity contribution is -0.385. The van der Waals surface area contributed by atoms with E-state index in [0.29, 0.717) is 17.3 Å². The number of hydrogen-bond donors (Lipinski definition) is 1. The lowest BCUT2D eigenvalue weighted by atomic mass is 10.1. The van der Waals surface area contributed by atoms with E-state index in [0.717, 1.165) is 11.1 Å². The average Bonchev–Trinajstić information content (AvgIpc) is 2.45. The predicted molar refractivity (Wildman–Crippen MR) is 83.9 cm³/mol. The SMILES string of the molecule is CCNc1ncnc(Oc2cc(C)c(Cl)c(C)c2)c1[N+](=O)[O-]. The molecule has 0 amide bonds. The first kappa shape index (κ1) is 16.0. The molecule has 0 aliphatic heterocycles. The maximum atomic E-state index is 11.3. The monoisotopic (exact) mass is 322 g/mol. The van der Waals surface area contributed by atoms with Gasteiger partial charge < -0.3 is 10.1 Å². The van der Waals surface area contributed by atoms with Gasteiger partial charge in [-0.25, -0.2) is 4.98 Å². The fraction of sp³-hybridized carbons (Fsp3) is 0.286. The molecule has 1 aromatic carbocycles. The van der Waals surface area contributed by atoms with Crippen molar-refractivity contribution in [2.24, 2.45) is 0 Å². The quantitative estimate of drug-likeness (QED) is 0.663. The topological polar surface area (TPSA) is 90.2 Å². The van der Waals surface area contributed by atoms with Gasteiger partial charge >= 0.3 is 11.6 Å². The standard InChI is InChI=1S/C14H15ClN4O3/c1-4-16-13-12(19(20)21)14(18-7-17-13)22-10-5-8(2)11(15)9(3)6-10/h5-7H,4H2,1-3H3,(H,16,17,18). The Labute approximate surface area is 132 Å². The Hall–Kier alpha value is -2.41. The van der Waals surface area contributed by atoms with Gasteiger partial charge in [0, 0.05) is 11.6 Å². The first-order valence-corrected chi connectivity index (χ1v) is 6.99. The fourth-order valence-electron chi connectivity index (χ4n) is 1.98. The van der Waals surface area contributed by atoms with Gasteiger partial charge in [0.2, 0.25) is 5.82 Å². The second-order valence-corrected chi connectivity index (χ2v) is 5.01. The first-order valence-electron chi connectivity index (χ1n) is 6.61. The molecule has 0 saturated carbocycles. The molecule has 2 aromatic rings. The van der Waals surface area contributed by atoms with Gasteiger partial charge in [0.05, 0.1) is 4.92 Å². The molecule has 0 aliphatic rings. The summed E-state index contributed by atoms with van der Waals surface area (Å²) in [5.41, 5.74) is 1.34. The normalized spacial score (nSPS) is 10.4. The zero-order valence-corrected chi connectivity index (χ0v) is 13.1. The molecule has 7 nitrogen and oxygen atoms in total. The van der Waals surface area contributed by atoms with Crippen LogP contribution in [0.3, 0.4) is 0 Å². The molecule has 1 N–H and O–H groups in total. The molecule has 0 aliphatic carbocycles. The second-order valence-electron chi connectivity index (χ2n) is 4.64. The molecule has 8 heteroatoms. The summed E-state index contributed by atoms with van der Waals surface area (Å²) in [6.07, 6.45) is 1.22. The van der Waals surface area contributed by atoms with E-state index in [9.17, 15) is 10.1 Å². The van der Waals surface area contributed by atoms with Crippen LogP contribution in [0, 0.1) is 24.0 Å². The number of rotatable bonds is 5. The third kappa shape index (κ3) is 3.25. The molecule has 1 aromatic heterocycles. The summed E-state index contributed by atoms with van der Waals surface area (Å²) in [7, 11) is 0. The van der Waals surface area contributed by atoms with Crippen LogP contribution in [0.4, 0.5) is 11.5 Å². The van der Waals surface area contributed by atoms with E-state index in [1.807, 2.05) is 20.8 Å². The van der Waals surface area contributed by atoms with E-state index in [1.54, 1.807) is 12.1 Å². The first-order chi connectivity index (χ1) is 10.4. The zero-order chi connectivity index (χ0) is 16.3. The third-order valence-corrected chi connectivity index (χ3v) is 3.54. The van der Waals surface area contributed by atoms with E-state index in [-0.39, 0.29) is 17.4 Å². The molecule has 0 unspecified atom stereocenters. The van der Waals surface area contributed by atoms with E-state index >= 15 is 0 Å². The summed E-state index contributed by atoms with van der Waals surface area (Å²) in [4.78, 5) is 18.5. The predicted octanol–water partition coefficient (Wildman–Crippen LogP) is 3.88. The Kier molecular flexibility index (Phi) is 4.77. The summed E-state index contributed by atoms with van der Waals surface area (Å²) >= 11 is 6.10. The average molecular weight is 323 g/mol. The Bertz CT molecular complexity index is 698. The number of aromatic nitrogens is 2. The number of halogens is 1. The van der Waals surface area contributed by atoms with Gasteiger partial charge in [-0.1, -0.05) is 11.6 Å². The molecular formula is C14H15ClN4O3. The summed E-state index contributed by atoms with van der Waals surface area (Å²) < 4.78 is 5.58. The zero-order valence-electron chi connectivity index (χ0n) is 12.4. The number of nitrogens with zero attached hydrogens (tertiary/aromatic N) is 3. The highest BCUT2D eigenvalue weighted by Gasteiger charge is 2.24. The van der Waals surface area contributed by atoms with E-state index in [4.69, 9.17) is 16.3 Å². The van der Waals surface area contributed by atoms with Gasteiger partial charge in [-0.15, -0.1) is 0 Å². The van der Waals surface area contributed by atoms with Crippen molar-refractivity contribution in [3.8, 4) is 11.6 Å². The Morgan fingerprint density at radius 3 is 2.50 bits per heavy atom. The maximum Gasteiger partial charge on any atom is 0.373 e. The van der Waals surface area contributed by atoms with Gasteiger partial charge in [-0.3, -0.25) is 10.1 Å². The van der Waals surface area contributed by atoms with E-state index < -0.39 is 4.92 Å². The number of nitro groups is 1. The molecule has 0 radical (unpaired) electrons. The van der Waals surface area contributed by atoms with Crippen LogP contribution in [-0.2, 0) is 0 Å². The van der Waals surface area contributed by atoms with Gasteiger partial charge in [0.1, 0.15) is 12.1 Å². The maximum absolute atomic E-state index is 11.3. The van der Waals surface area contributed by atoms with Crippen molar-refractivity contribution in [2.45, 2.75) is 20.8 Å². The van der Waals surface area contributed by atoms with E-state index in [1.165, 1.54) is 6.33 Å². The van der Waals surface area contributed by atoms with Crippen LogP contribution < -0.4 is 10.1 Å². The minimum atomic E-state index is -0.567. The molecule has 0 atom stereocenters. The summed E-state index contributed by atoms with van der Waals surface area (Å²) in [6, 6.07) is 3.40. The van der Waals surface area contributed by atoms with Crippen LogP contribution in [0.5, 0.6) is 11.6 Å². The highest BCUT2D eigenvalue weighted by atomic mass is 35.5. The van der Waals surface area contributed by atoms with Gasteiger partial charge in [-0.2, -0.15) is 4.98 Å². The fourth-order valence-corrected chi connectivity index (χ4v) is 2.08. The lowest BCUT2D eigenvalue weighted by Crippen LogP contribution is -2.06. The van der Waals surface area contributed by atoms with Crippen LogP contribution in [0.1, 0.15) is 18.1 Å². The van der Waals surface area contributed by atoms with Crippen molar-refractivity contribution >= 4 is 23.1 Å². The lowest BCUT2D eigenvalue weighted by Gasteiger charge is -2.10. The van der Waals surface area contributed by atoms with Crippen LogP contribution in [0.15, 0.2) is 18.5 Å². The van der Waals surface area contributed by atoms with Crippen molar-refractivity contribution < 1.29 is 9.66 Å². The molecule has 116 valence electrons. The summed E-state index contributed by atoms with van der Waals surface area (Å²) in [5, 5.41) is 14.7. The van der Waals surface area contributed by atoms with Gasteiger partial charge in [0.15, 0.2) is 0 Å². The number of hydrogen-bond acceptors (Lipinski definition) is 6. The van der Waals surface area contributed by atoms with Crippen molar-refractivity contribution in [1.82, 2.24) is 9.97 Å². The molecule has 22 heavy (non-hydrogen) atoms. The van der Waals surface area contributed by atoms with Crippen LogP contribution in [0.2, 0.25) is 5.02 Å². The molecule has 0 bridgehead atoms. The van der Waals surface area contributed by atoms with Crippen molar-refractivity contribution in [2.75, 3.05) is 11.9 Å². The van der Waals surface area contributed by atoms with E-state index in [2.05, 4.69) is 15.3 Å². The van der Waals surface area contributed by atoms with Crippen LogP contribution >= 0.6 is 11.6 Å². The largest absolute Gasteiger partial charge is 0.434 e. The number of anilines is 1. The Balaban J connectivity index is 2.45. The minimum absolute atomic E-state index is 0.114. The summed E-state index contributed by atoms with van der Waals surface area (Å²) in [5.74, 6) is 0.445. The smallest absolute Gasteiger partial charge is 0.373 e. The van der Waals surface area contributed by atoms with Crippen molar-refractivity contribution in [3.05, 3.63) is 44.7 Å². The number of benzene rings is 1. The molecule has 2 rings (SSSR count). The Morgan fingerprint density at radius 1 is 1.32 bits per heavy atom. The molecular weight excluding hydrogens is 308 g/mol. The van der Waals surface area contributed by atoms with Crippen LogP contribution in [0.25, 0.3) is 0 Å². The second kappa shape index (κ2) is 6.57. The van der Waals surface area contributed by atoms with Crippen molar-refractivity contribution in [1.29, 1.82) is 0 Å². The minimum Gasteiger partial charge on any atom is -0.434 e. The molecule has 1 heterocycles. The molecule has 0 spiro atoms. The number of ether oxygens (including phenoxy) is 1. The highest BCUT2D eigenvalue weighted by molar-refractivity contribution is 6.32. The summed E-state index contributed by atoms with van der Waals surface area (Å²) in [6.45, 7) is 5.98. The van der Waals surface area contributed by atoms with Gasteiger partial charge in [-0.05, 0) is 44.0 Å². The highest BCUT2D eigenvalue weighted by Crippen LogP contribution is 2.35.